The van der Waals surface area contributed by atoms with Crippen LogP contribution >= 0.6 is 11.8 Å². The van der Waals surface area contributed by atoms with Gasteiger partial charge in [0.05, 0.1) is 7.11 Å². The summed E-state index contributed by atoms with van der Waals surface area (Å²) in [5.74, 6) is 2.68. The van der Waals surface area contributed by atoms with Crippen molar-refractivity contribution in [2.45, 2.75) is 25.4 Å². The first-order valence-corrected chi connectivity index (χ1v) is 7.48. The largest absolute Gasteiger partial charge is 0.493 e. The third kappa shape index (κ3) is 3.80. The lowest BCUT2D eigenvalue weighted by Crippen LogP contribution is -2.16. The highest BCUT2D eigenvalue weighted by Gasteiger charge is 2.21. The Hall–Kier alpha value is -1.36. The molecule has 4 nitrogen and oxygen atoms in total. The van der Waals surface area contributed by atoms with Gasteiger partial charge in [-0.05, 0) is 30.2 Å². The van der Waals surface area contributed by atoms with Crippen LogP contribution < -0.4 is 9.47 Å². The highest BCUT2D eigenvalue weighted by atomic mass is 32.2. The van der Waals surface area contributed by atoms with E-state index in [0.29, 0.717) is 17.9 Å². The molecule has 1 aromatic carbocycles. The summed E-state index contributed by atoms with van der Waals surface area (Å²) in [6.07, 6.45) is 1.79. The van der Waals surface area contributed by atoms with Crippen LogP contribution in [0.5, 0.6) is 11.5 Å². The molecule has 104 valence electrons. The molecule has 0 saturated carbocycles. The van der Waals surface area contributed by atoms with Gasteiger partial charge in [0.2, 0.25) is 0 Å². The van der Waals surface area contributed by atoms with Gasteiger partial charge in [-0.3, -0.25) is 4.79 Å². The number of rotatable bonds is 6. The van der Waals surface area contributed by atoms with E-state index < -0.39 is 5.97 Å². The number of carbonyl (C=O) groups is 1. The average molecular weight is 282 g/mol. The van der Waals surface area contributed by atoms with E-state index in [4.69, 9.17) is 14.6 Å². The SMILES string of the molecule is COc1cccc(CCC(=O)O)c1OC1CCSC1. The Balaban J connectivity index is 2.17. The summed E-state index contributed by atoms with van der Waals surface area (Å²) in [7, 11) is 1.60. The zero-order valence-electron chi connectivity index (χ0n) is 10.9. The van der Waals surface area contributed by atoms with Crippen LogP contribution in [0.25, 0.3) is 0 Å². The van der Waals surface area contributed by atoms with Crippen LogP contribution in [-0.4, -0.2) is 35.8 Å². The first-order valence-electron chi connectivity index (χ1n) is 6.32. The topological polar surface area (TPSA) is 55.8 Å². The maximum Gasteiger partial charge on any atom is 0.303 e. The Morgan fingerprint density at radius 2 is 2.37 bits per heavy atom. The highest BCUT2D eigenvalue weighted by Crippen LogP contribution is 2.34. The van der Waals surface area contributed by atoms with Crippen molar-refractivity contribution in [3.8, 4) is 11.5 Å². The number of methoxy groups -OCH3 is 1. The summed E-state index contributed by atoms with van der Waals surface area (Å²) < 4.78 is 11.3. The minimum absolute atomic E-state index is 0.100. The lowest BCUT2D eigenvalue weighted by atomic mass is 10.1. The molecule has 1 unspecified atom stereocenters. The van der Waals surface area contributed by atoms with Gasteiger partial charge in [0.25, 0.3) is 0 Å². The maximum atomic E-state index is 10.7. The van der Waals surface area contributed by atoms with Crippen LogP contribution in [0, 0.1) is 0 Å². The van der Waals surface area contributed by atoms with Gasteiger partial charge in [0.1, 0.15) is 6.10 Å². The minimum atomic E-state index is -0.801. The number of hydrogen-bond donors (Lipinski definition) is 1. The molecule has 1 atom stereocenters. The minimum Gasteiger partial charge on any atom is -0.493 e. The molecule has 0 aromatic heterocycles. The van der Waals surface area contributed by atoms with Crippen LogP contribution in [0.15, 0.2) is 18.2 Å². The molecule has 0 radical (unpaired) electrons. The summed E-state index contributed by atoms with van der Waals surface area (Å²) in [6.45, 7) is 0. The zero-order chi connectivity index (χ0) is 13.7. The standard InChI is InChI=1S/C14H18O4S/c1-17-12-4-2-3-10(5-6-13(15)16)14(12)18-11-7-8-19-9-11/h2-4,11H,5-9H2,1H3,(H,15,16). The Labute approximate surface area is 117 Å². The molecule has 1 aliphatic heterocycles. The molecule has 0 aliphatic carbocycles. The number of hydrogen-bond acceptors (Lipinski definition) is 4. The average Bonchev–Trinajstić information content (AvgIpc) is 2.90. The van der Waals surface area contributed by atoms with Crippen LogP contribution in [-0.2, 0) is 11.2 Å². The zero-order valence-corrected chi connectivity index (χ0v) is 11.7. The number of benzene rings is 1. The third-order valence-electron chi connectivity index (χ3n) is 3.06. The first-order chi connectivity index (χ1) is 9.20. The fourth-order valence-electron chi connectivity index (χ4n) is 2.07. The highest BCUT2D eigenvalue weighted by molar-refractivity contribution is 7.99. The van der Waals surface area contributed by atoms with Crippen LogP contribution in [0.4, 0.5) is 0 Å². The molecular formula is C14H18O4S. The Morgan fingerprint density at radius 1 is 1.53 bits per heavy atom. The van der Waals surface area contributed by atoms with Crippen molar-refractivity contribution in [1.82, 2.24) is 0 Å². The van der Waals surface area contributed by atoms with Gasteiger partial charge in [-0.1, -0.05) is 12.1 Å². The molecule has 1 fully saturated rings. The maximum absolute atomic E-state index is 10.7. The lowest BCUT2D eigenvalue weighted by molar-refractivity contribution is -0.136. The van der Waals surface area contributed by atoms with Crippen molar-refractivity contribution in [2.75, 3.05) is 18.6 Å². The van der Waals surface area contributed by atoms with Crippen molar-refractivity contribution < 1.29 is 19.4 Å². The van der Waals surface area contributed by atoms with Crippen molar-refractivity contribution >= 4 is 17.7 Å². The normalized spacial score (nSPS) is 18.3. The second kappa shape index (κ2) is 6.70. The molecule has 1 aromatic rings. The molecule has 2 rings (SSSR count). The van der Waals surface area contributed by atoms with E-state index in [0.717, 1.165) is 23.5 Å². The summed E-state index contributed by atoms with van der Waals surface area (Å²) in [6, 6.07) is 5.62. The van der Waals surface area contributed by atoms with E-state index in [2.05, 4.69) is 0 Å². The predicted octanol–water partition coefficient (Wildman–Crippen LogP) is 2.60. The fourth-order valence-corrected chi connectivity index (χ4v) is 3.16. The van der Waals surface area contributed by atoms with Crippen molar-refractivity contribution in [3.63, 3.8) is 0 Å². The Bertz CT molecular complexity index is 441. The van der Waals surface area contributed by atoms with E-state index in [1.165, 1.54) is 0 Å². The fraction of sp³-hybridized carbons (Fsp3) is 0.500. The van der Waals surface area contributed by atoms with Crippen molar-refractivity contribution in [1.29, 1.82) is 0 Å². The molecule has 0 spiro atoms. The Kier molecular flexibility index (Phi) is 4.96. The first kappa shape index (κ1) is 14.1. The van der Waals surface area contributed by atoms with E-state index in [1.54, 1.807) is 7.11 Å². The van der Waals surface area contributed by atoms with Gasteiger partial charge >= 0.3 is 5.97 Å². The summed E-state index contributed by atoms with van der Waals surface area (Å²) in [5, 5.41) is 8.80. The summed E-state index contributed by atoms with van der Waals surface area (Å²) in [5.41, 5.74) is 0.902. The number of ether oxygens (including phenoxy) is 2. The monoisotopic (exact) mass is 282 g/mol. The van der Waals surface area contributed by atoms with Gasteiger partial charge in [-0.25, -0.2) is 0 Å². The molecule has 5 heteroatoms. The number of aryl methyl sites for hydroxylation is 1. The quantitative estimate of drug-likeness (QED) is 0.869. The van der Waals surface area contributed by atoms with E-state index in [-0.39, 0.29) is 12.5 Å². The summed E-state index contributed by atoms with van der Waals surface area (Å²) in [4.78, 5) is 10.7. The molecule has 1 aliphatic rings. The second-order valence-corrected chi connectivity index (χ2v) is 5.60. The number of carboxylic acids is 1. The number of carboxylic acid groups (broad SMARTS) is 1. The number of para-hydroxylation sites is 1. The molecule has 1 N–H and O–H groups in total. The predicted molar refractivity (Wildman–Crippen MR) is 75.3 cm³/mol. The molecule has 19 heavy (non-hydrogen) atoms. The van der Waals surface area contributed by atoms with Gasteiger partial charge in [0, 0.05) is 12.2 Å². The second-order valence-electron chi connectivity index (χ2n) is 4.45. The Morgan fingerprint density at radius 3 is 3.00 bits per heavy atom. The van der Waals surface area contributed by atoms with Gasteiger partial charge in [-0.15, -0.1) is 0 Å². The molecule has 0 bridgehead atoms. The van der Waals surface area contributed by atoms with Crippen LogP contribution in [0.1, 0.15) is 18.4 Å². The lowest BCUT2D eigenvalue weighted by Gasteiger charge is -2.18. The summed E-state index contributed by atoms with van der Waals surface area (Å²) >= 11 is 1.88. The van der Waals surface area contributed by atoms with Crippen LogP contribution in [0.2, 0.25) is 0 Å². The molecule has 1 heterocycles. The van der Waals surface area contributed by atoms with E-state index >= 15 is 0 Å². The van der Waals surface area contributed by atoms with Gasteiger partial charge < -0.3 is 14.6 Å². The van der Waals surface area contributed by atoms with Crippen molar-refractivity contribution in [3.05, 3.63) is 23.8 Å². The van der Waals surface area contributed by atoms with Gasteiger partial charge in [-0.2, -0.15) is 11.8 Å². The molecular weight excluding hydrogens is 264 g/mol. The van der Waals surface area contributed by atoms with E-state index in [9.17, 15) is 4.79 Å². The van der Waals surface area contributed by atoms with Gasteiger partial charge in [0.15, 0.2) is 11.5 Å². The number of aliphatic carboxylic acids is 1. The third-order valence-corrected chi connectivity index (χ3v) is 4.19. The number of thioether (sulfide) groups is 1. The molecule has 1 saturated heterocycles. The van der Waals surface area contributed by atoms with Crippen LogP contribution in [0.3, 0.4) is 0 Å². The molecule has 0 amide bonds. The van der Waals surface area contributed by atoms with E-state index in [1.807, 2.05) is 30.0 Å². The van der Waals surface area contributed by atoms with Crippen molar-refractivity contribution in [2.24, 2.45) is 0 Å². The smallest absolute Gasteiger partial charge is 0.303 e.